The smallest absolute Gasteiger partial charge is 0.322 e. The number of aliphatic carboxylic acids is 1. The van der Waals surface area contributed by atoms with Gasteiger partial charge in [-0.25, -0.2) is 0 Å². The van der Waals surface area contributed by atoms with Crippen molar-refractivity contribution in [1.29, 1.82) is 0 Å². The van der Waals surface area contributed by atoms with Crippen molar-refractivity contribution in [2.24, 2.45) is 0 Å². The Morgan fingerprint density at radius 1 is 0.900 bits per heavy atom. The van der Waals surface area contributed by atoms with Gasteiger partial charge in [-0.1, -0.05) is 25.7 Å². The molecule has 2 aliphatic heterocycles. The van der Waals surface area contributed by atoms with Gasteiger partial charge in [-0.05, 0) is 25.7 Å². The topological polar surface area (TPSA) is 77.9 Å². The van der Waals surface area contributed by atoms with Crippen molar-refractivity contribution < 1.29 is 18.3 Å². The molecule has 1 atom stereocenters. The molecule has 0 aromatic heterocycles. The zero-order valence-corrected chi connectivity index (χ0v) is 12.6. The van der Waals surface area contributed by atoms with Crippen molar-refractivity contribution in [3.63, 3.8) is 0 Å². The van der Waals surface area contributed by atoms with Crippen molar-refractivity contribution in [1.82, 2.24) is 8.61 Å². The lowest BCUT2D eigenvalue weighted by molar-refractivity contribution is -0.141. The van der Waals surface area contributed by atoms with E-state index in [2.05, 4.69) is 0 Å². The largest absolute Gasteiger partial charge is 0.480 e. The Bertz CT molecular complexity index is 430. The van der Waals surface area contributed by atoms with Crippen molar-refractivity contribution in [3.8, 4) is 0 Å². The van der Waals surface area contributed by atoms with Gasteiger partial charge in [0.25, 0.3) is 10.2 Å². The summed E-state index contributed by atoms with van der Waals surface area (Å²) in [7, 11) is -3.64. The fourth-order valence-electron chi connectivity index (χ4n) is 3.03. The monoisotopic (exact) mass is 304 g/mol. The second-order valence-electron chi connectivity index (χ2n) is 5.64. The van der Waals surface area contributed by atoms with E-state index in [1.807, 2.05) is 0 Å². The fourth-order valence-corrected chi connectivity index (χ4v) is 4.92. The molecule has 2 fully saturated rings. The molecule has 116 valence electrons. The summed E-state index contributed by atoms with van der Waals surface area (Å²) < 4.78 is 28.2. The maximum Gasteiger partial charge on any atom is 0.322 e. The van der Waals surface area contributed by atoms with Crippen LogP contribution >= 0.6 is 0 Å². The highest BCUT2D eigenvalue weighted by atomic mass is 32.2. The maximum atomic E-state index is 12.7. The second-order valence-corrected chi connectivity index (χ2v) is 7.52. The van der Waals surface area contributed by atoms with Crippen LogP contribution in [0, 0.1) is 0 Å². The molecule has 1 N–H and O–H groups in total. The van der Waals surface area contributed by atoms with Crippen LogP contribution in [0.2, 0.25) is 0 Å². The summed E-state index contributed by atoms with van der Waals surface area (Å²) in [6, 6.07) is -0.897. The average Bonchev–Trinajstić information content (AvgIpc) is 2.81. The van der Waals surface area contributed by atoms with Crippen LogP contribution in [0.4, 0.5) is 0 Å². The Morgan fingerprint density at radius 3 is 2.05 bits per heavy atom. The lowest BCUT2D eigenvalue weighted by atomic mass is 10.1. The van der Waals surface area contributed by atoms with Gasteiger partial charge in [-0.15, -0.1) is 0 Å². The van der Waals surface area contributed by atoms with Gasteiger partial charge in [0, 0.05) is 19.6 Å². The van der Waals surface area contributed by atoms with Crippen LogP contribution in [0.3, 0.4) is 0 Å². The molecule has 6 nitrogen and oxygen atoms in total. The Balaban J connectivity index is 2.21. The summed E-state index contributed by atoms with van der Waals surface area (Å²) in [6.45, 7) is 1.37. The van der Waals surface area contributed by atoms with Crippen molar-refractivity contribution in [2.45, 2.75) is 57.4 Å². The van der Waals surface area contributed by atoms with Crippen molar-refractivity contribution in [2.75, 3.05) is 19.6 Å². The molecule has 0 amide bonds. The lowest BCUT2D eigenvalue weighted by Crippen LogP contribution is -2.51. The van der Waals surface area contributed by atoms with Crippen LogP contribution in [0.5, 0.6) is 0 Å². The molecular formula is C13H24N2O4S. The molecule has 0 bridgehead atoms. The number of carboxylic acid groups (broad SMARTS) is 1. The molecule has 0 spiro atoms. The fraction of sp³-hybridized carbons (Fsp3) is 0.923. The Morgan fingerprint density at radius 2 is 1.45 bits per heavy atom. The Kier molecular flexibility index (Phi) is 5.40. The number of hydrogen-bond donors (Lipinski definition) is 1. The number of carbonyl (C=O) groups is 1. The number of rotatable bonds is 3. The predicted molar refractivity (Wildman–Crippen MR) is 75.6 cm³/mol. The molecular weight excluding hydrogens is 280 g/mol. The van der Waals surface area contributed by atoms with Crippen LogP contribution in [-0.4, -0.2) is 53.8 Å². The normalized spacial score (nSPS) is 27.7. The molecule has 2 heterocycles. The molecule has 2 saturated heterocycles. The summed E-state index contributed by atoms with van der Waals surface area (Å²) in [5, 5.41) is 9.33. The van der Waals surface area contributed by atoms with E-state index in [4.69, 9.17) is 0 Å². The SMILES string of the molecule is O=C(O)C1CCCCCN1S(=O)(=O)N1CCCCCC1. The first-order chi connectivity index (χ1) is 9.53. The van der Waals surface area contributed by atoms with E-state index >= 15 is 0 Å². The van der Waals surface area contributed by atoms with Gasteiger partial charge >= 0.3 is 5.97 Å². The van der Waals surface area contributed by atoms with E-state index in [9.17, 15) is 18.3 Å². The summed E-state index contributed by atoms with van der Waals surface area (Å²) in [4.78, 5) is 11.4. The minimum atomic E-state index is -3.64. The zero-order chi connectivity index (χ0) is 14.6. The molecule has 0 aromatic rings. The molecule has 2 rings (SSSR count). The molecule has 1 unspecified atom stereocenters. The van der Waals surface area contributed by atoms with Gasteiger partial charge in [0.15, 0.2) is 0 Å². The van der Waals surface area contributed by atoms with Gasteiger partial charge in [0.2, 0.25) is 0 Å². The minimum Gasteiger partial charge on any atom is -0.480 e. The first kappa shape index (κ1) is 15.7. The second kappa shape index (κ2) is 6.87. The highest BCUT2D eigenvalue weighted by molar-refractivity contribution is 7.86. The highest BCUT2D eigenvalue weighted by Crippen LogP contribution is 2.24. The van der Waals surface area contributed by atoms with E-state index in [1.54, 1.807) is 0 Å². The molecule has 0 aliphatic carbocycles. The van der Waals surface area contributed by atoms with Crippen LogP contribution in [-0.2, 0) is 15.0 Å². The third-order valence-electron chi connectivity index (χ3n) is 4.18. The summed E-state index contributed by atoms with van der Waals surface area (Å²) in [6.07, 6.45) is 6.68. The Hall–Kier alpha value is -0.660. The number of carboxylic acids is 1. The van der Waals surface area contributed by atoms with Crippen LogP contribution in [0.15, 0.2) is 0 Å². The average molecular weight is 304 g/mol. The van der Waals surface area contributed by atoms with E-state index < -0.39 is 22.2 Å². The summed E-state index contributed by atoms with van der Waals surface area (Å²) >= 11 is 0. The maximum absolute atomic E-state index is 12.7. The molecule has 2 aliphatic rings. The van der Waals surface area contributed by atoms with E-state index in [0.717, 1.165) is 44.9 Å². The van der Waals surface area contributed by atoms with Gasteiger partial charge in [0.1, 0.15) is 6.04 Å². The van der Waals surface area contributed by atoms with E-state index in [1.165, 1.54) is 8.61 Å². The van der Waals surface area contributed by atoms with Gasteiger partial charge in [-0.3, -0.25) is 4.79 Å². The predicted octanol–water partition coefficient (Wildman–Crippen LogP) is 1.44. The van der Waals surface area contributed by atoms with Crippen molar-refractivity contribution >= 4 is 16.2 Å². The third kappa shape index (κ3) is 3.51. The van der Waals surface area contributed by atoms with Crippen LogP contribution in [0.1, 0.15) is 51.4 Å². The quantitative estimate of drug-likeness (QED) is 0.855. The van der Waals surface area contributed by atoms with Crippen LogP contribution in [0.25, 0.3) is 0 Å². The highest BCUT2D eigenvalue weighted by Gasteiger charge is 2.38. The van der Waals surface area contributed by atoms with E-state index in [-0.39, 0.29) is 0 Å². The molecule has 0 aromatic carbocycles. The summed E-state index contributed by atoms with van der Waals surface area (Å²) in [5.41, 5.74) is 0. The summed E-state index contributed by atoms with van der Waals surface area (Å²) in [5.74, 6) is -1.02. The number of hydrogen-bond acceptors (Lipinski definition) is 3. The zero-order valence-electron chi connectivity index (χ0n) is 11.8. The minimum absolute atomic E-state index is 0.329. The van der Waals surface area contributed by atoms with Gasteiger partial charge in [-0.2, -0.15) is 17.0 Å². The third-order valence-corrected chi connectivity index (χ3v) is 6.22. The number of nitrogens with zero attached hydrogens (tertiary/aromatic N) is 2. The standard InChI is InChI=1S/C13H24N2O4S/c16-13(17)12-8-4-3-7-11-15(12)20(18,19)14-9-5-1-2-6-10-14/h12H,1-11H2,(H,16,17). The molecule has 0 saturated carbocycles. The molecule has 0 radical (unpaired) electrons. The molecule has 20 heavy (non-hydrogen) atoms. The molecule has 7 heteroatoms. The van der Waals surface area contributed by atoms with Gasteiger partial charge in [0.05, 0.1) is 0 Å². The first-order valence-corrected chi connectivity index (χ1v) is 8.93. The van der Waals surface area contributed by atoms with Crippen LogP contribution < -0.4 is 0 Å². The van der Waals surface area contributed by atoms with Crippen molar-refractivity contribution in [3.05, 3.63) is 0 Å². The Labute approximate surface area is 120 Å². The lowest BCUT2D eigenvalue weighted by Gasteiger charge is -2.31. The first-order valence-electron chi connectivity index (χ1n) is 7.53. The van der Waals surface area contributed by atoms with Gasteiger partial charge < -0.3 is 5.11 Å². The van der Waals surface area contributed by atoms with E-state index in [0.29, 0.717) is 26.1 Å².